The second-order valence-electron chi connectivity index (χ2n) is 4.28. The zero-order valence-electron chi connectivity index (χ0n) is 11.5. The van der Waals surface area contributed by atoms with E-state index in [9.17, 15) is 23.1 Å². The zero-order chi connectivity index (χ0) is 15.3. The van der Waals surface area contributed by atoms with E-state index in [1.165, 1.54) is 0 Å². The van der Waals surface area contributed by atoms with Crippen LogP contribution < -0.4 is 16.0 Å². The Labute approximate surface area is 116 Å². The SMILES string of the molecule is CCCc1c(O)n(CCS(=O)(=O)NCC)c(=O)[nH]c1=O. The third-order valence-corrected chi connectivity index (χ3v) is 4.16. The first kappa shape index (κ1) is 16.4. The van der Waals surface area contributed by atoms with E-state index in [0.29, 0.717) is 12.8 Å². The summed E-state index contributed by atoms with van der Waals surface area (Å²) in [4.78, 5) is 25.2. The highest BCUT2D eigenvalue weighted by Gasteiger charge is 2.16. The van der Waals surface area contributed by atoms with Crippen LogP contribution >= 0.6 is 0 Å². The highest BCUT2D eigenvalue weighted by atomic mass is 32.2. The first-order valence-electron chi connectivity index (χ1n) is 6.34. The lowest BCUT2D eigenvalue weighted by Crippen LogP contribution is -2.35. The van der Waals surface area contributed by atoms with Crippen molar-refractivity contribution in [3.05, 3.63) is 26.4 Å². The first-order chi connectivity index (χ1) is 9.32. The lowest BCUT2D eigenvalue weighted by molar-refractivity contribution is 0.397. The minimum atomic E-state index is -3.51. The largest absolute Gasteiger partial charge is 0.494 e. The van der Waals surface area contributed by atoms with Gasteiger partial charge in [0, 0.05) is 13.1 Å². The molecule has 0 bridgehead atoms. The second kappa shape index (κ2) is 6.71. The number of aromatic hydroxyl groups is 1. The standard InChI is InChI=1S/C11H19N3O5S/c1-3-5-8-9(15)13-11(17)14(10(8)16)6-7-20(18,19)12-4-2/h12,16H,3-7H2,1-2H3,(H,13,15,17). The molecule has 0 radical (unpaired) electrons. The number of hydrogen-bond acceptors (Lipinski definition) is 5. The Hall–Kier alpha value is -1.61. The Bertz CT molecular complexity index is 674. The van der Waals surface area contributed by atoms with Crippen molar-refractivity contribution in [2.45, 2.75) is 33.2 Å². The van der Waals surface area contributed by atoms with Gasteiger partial charge in [-0.15, -0.1) is 0 Å². The second-order valence-corrected chi connectivity index (χ2v) is 6.21. The minimum absolute atomic E-state index is 0.0907. The number of nitrogens with zero attached hydrogens (tertiary/aromatic N) is 1. The average Bonchev–Trinajstić information content (AvgIpc) is 2.33. The van der Waals surface area contributed by atoms with Crippen molar-refractivity contribution in [1.82, 2.24) is 14.3 Å². The maximum absolute atomic E-state index is 11.6. The predicted molar refractivity (Wildman–Crippen MR) is 74.4 cm³/mol. The molecule has 1 heterocycles. The molecule has 3 N–H and O–H groups in total. The topological polar surface area (TPSA) is 121 Å². The van der Waals surface area contributed by atoms with E-state index in [1.54, 1.807) is 6.92 Å². The molecule has 0 saturated heterocycles. The fourth-order valence-electron chi connectivity index (χ4n) is 1.79. The van der Waals surface area contributed by atoms with E-state index in [1.807, 2.05) is 6.92 Å². The van der Waals surface area contributed by atoms with Crippen LogP contribution in [0.1, 0.15) is 25.8 Å². The number of rotatable bonds is 7. The molecule has 1 aromatic heterocycles. The van der Waals surface area contributed by atoms with Gasteiger partial charge in [-0.2, -0.15) is 0 Å². The van der Waals surface area contributed by atoms with E-state index in [2.05, 4.69) is 9.71 Å². The monoisotopic (exact) mass is 305 g/mol. The molecule has 8 nitrogen and oxygen atoms in total. The third kappa shape index (κ3) is 3.94. The molecule has 0 aromatic carbocycles. The number of hydrogen-bond donors (Lipinski definition) is 3. The summed E-state index contributed by atoms with van der Waals surface area (Å²) >= 11 is 0. The van der Waals surface area contributed by atoms with Gasteiger partial charge in [-0.05, 0) is 6.42 Å². The summed E-state index contributed by atoms with van der Waals surface area (Å²) in [6.45, 7) is 3.48. The van der Waals surface area contributed by atoms with Crippen LogP contribution in [-0.2, 0) is 23.0 Å². The molecule has 1 aromatic rings. The van der Waals surface area contributed by atoms with Gasteiger partial charge in [0.2, 0.25) is 15.9 Å². The van der Waals surface area contributed by atoms with Gasteiger partial charge in [0.05, 0.1) is 11.3 Å². The van der Waals surface area contributed by atoms with Crippen LogP contribution in [0.4, 0.5) is 0 Å². The summed E-state index contributed by atoms with van der Waals surface area (Å²) in [6, 6.07) is 0. The summed E-state index contributed by atoms with van der Waals surface area (Å²) in [5, 5.41) is 9.94. The lowest BCUT2D eigenvalue weighted by Gasteiger charge is -2.11. The highest BCUT2D eigenvalue weighted by molar-refractivity contribution is 7.89. The quantitative estimate of drug-likeness (QED) is 0.605. The average molecular weight is 305 g/mol. The molecule has 0 aliphatic carbocycles. The highest BCUT2D eigenvalue weighted by Crippen LogP contribution is 2.11. The number of sulfonamides is 1. The predicted octanol–water partition coefficient (Wildman–Crippen LogP) is -0.866. The number of nitrogens with one attached hydrogen (secondary N) is 2. The van der Waals surface area contributed by atoms with Crippen LogP contribution in [0.5, 0.6) is 5.88 Å². The van der Waals surface area contributed by atoms with Gasteiger partial charge in [0.15, 0.2) is 0 Å². The Kier molecular flexibility index (Phi) is 5.52. The van der Waals surface area contributed by atoms with Crippen molar-refractivity contribution >= 4 is 10.0 Å². The molecule has 0 fully saturated rings. The molecule has 114 valence electrons. The van der Waals surface area contributed by atoms with Crippen LogP contribution in [0.15, 0.2) is 9.59 Å². The molecular formula is C11H19N3O5S. The molecule has 0 saturated carbocycles. The number of aromatic amines is 1. The summed E-state index contributed by atoms with van der Waals surface area (Å²) in [6.07, 6.45) is 0.923. The van der Waals surface area contributed by atoms with Gasteiger partial charge >= 0.3 is 5.69 Å². The smallest absolute Gasteiger partial charge is 0.331 e. The Morgan fingerprint density at radius 1 is 1.30 bits per heavy atom. The van der Waals surface area contributed by atoms with Gasteiger partial charge < -0.3 is 5.11 Å². The molecule has 0 atom stereocenters. The molecule has 0 aliphatic heterocycles. The van der Waals surface area contributed by atoms with Crippen molar-refractivity contribution in [2.75, 3.05) is 12.3 Å². The Balaban J connectivity index is 3.10. The zero-order valence-corrected chi connectivity index (χ0v) is 12.3. The third-order valence-electron chi connectivity index (χ3n) is 2.71. The van der Waals surface area contributed by atoms with Gasteiger partial charge in [-0.3, -0.25) is 14.3 Å². The van der Waals surface area contributed by atoms with Crippen LogP contribution in [0.2, 0.25) is 0 Å². The minimum Gasteiger partial charge on any atom is -0.494 e. The molecule has 1 rings (SSSR count). The van der Waals surface area contributed by atoms with E-state index in [-0.39, 0.29) is 24.4 Å². The molecule has 0 amide bonds. The van der Waals surface area contributed by atoms with Gasteiger partial charge in [0.1, 0.15) is 0 Å². The Morgan fingerprint density at radius 2 is 1.95 bits per heavy atom. The normalized spacial score (nSPS) is 11.7. The summed E-state index contributed by atoms with van der Waals surface area (Å²) < 4.78 is 26.2. The fourth-order valence-corrected chi connectivity index (χ4v) is 2.79. The van der Waals surface area contributed by atoms with E-state index < -0.39 is 27.2 Å². The fraction of sp³-hybridized carbons (Fsp3) is 0.636. The molecule has 0 aliphatic rings. The number of aromatic nitrogens is 2. The molecular weight excluding hydrogens is 286 g/mol. The maximum atomic E-state index is 11.6. The van der Waals surface area contributed by atoms with Gasteiger partial charge in [-0.25, -0.2) is 17.9 Å². The van der Waals surface area contributed by atoms with Crippen LogP contribution in [0.25, 0.3) is 0 Å². The summed E-state index contributed by atoms with van der Waals surface area (Å²) in [7, 11) is -3.51. The Morgan fingerprint density at radius 3 is 2.50 bits per heavy atom. The molecule has 9 heteroatoms. The van der Waals surface area contributed by atoms with Crippen molar-refractivity contribution in [3.8, 4) is 5.88 Å². The van der Waals surface area contributed by atoms with Crippen LogP contribution in [-0.4, -0.2) is 35.4 Å². The van der Waals surface area contributed by atoms with E-state index >= 15 is 0 Å². The van der Waals surface area contributed by atoms with E-state index in [0.717, 1.165) is 4.57 Å². The van der Waals surface area contributed by atoms with Gasteiger partial charge in [-0.1, -0.05) is 20.3 Å². The van der Waals surface area contributed by atoms with Crippen molar-refractivity contribution in [3.63, 3.8) is 0 Å². The van der Waals surface area contributed by atoms with Crippen LogP contribution in [0, 0.1) is 0 Å². The maximum Gasteiger partial charge on any atom is 0.331 e. The molecule has 0 unspecified atom stereocenters. The summed E-state index contributed by atoms with van der Waals surface area (Å²) in [5.41, 5.74) is -1.37. The molecule has 20 heavy (non-hydrogen) atoms. The van der Waals surface area contributed by atoms with E-state index in [4.69, 9.17) is 0 Å². The molecule has 0 spiro atoms. The van der Waals surface area contributed by atoms with Gasteiger partial charge in [0.25, 0.3) is 5.56 Å². The van der Waals surface area contributed by atoms with Crippen molar-refractivity contribution in [1.29, 1.82) is 0 Å². The van der Waals surface area contributed by atoms with Crippen LogP contribution in [0.3, 0.4) is 0 Å². The van der Waals surface area contributed by atoms with Crippen molar-refractivity contribution < 1.29 is 13.5 Å². The first-order valence-corrected chi connectivity index (χ1v) is 8.00. The van der Waals surface area contributed by atoms with Crippen molar-refractivity contribution in [2.24, 2.45) is 0 Å². The number of H-pyrrole nitrogens is 1. The summed E-state index contributed by atoms with van der Waals surface area (Å²) in [5.74, 6) is -0.821. The lowest BCUT2D eigenvalue weighted by atomic mass is 10.2.